The van der Waals surface area contributed by atoms with E-state index >= 15 is 0 Å². The Hall–Kier alpha value is -3.16. The van der Waals surface area contributed by atoms with Crippen LogP contribution in [-0.2, 0) is 11.3 Å². The highest BCUT2D eigenvalue weighted by Gasteiger charge is 2.25. The highest BCUT2D eigenvalue weighted by Crippen LogP contribution is 2.21. The molecule has 1 atom stereocenters. The first-order chi connectivity index (χ1) is 15.0. The number of benzene rings is 1. The van der Waals surface area contributed by atoms with E-state index in [1.165, 1.54) is 0 Å². The number of carbonyl (C=O) groups excluding carboxylic acids is 2. The summed E-state index contributed by atoms with van der Waals surface area (Å²) in [5.41, 5.74) is 1.27. The lowest BCUT2D eigenvalue weighted by atomic mass is 9.99. The van der Waals surface area contributed by atoms with Crippen molar-refractivity contribution in [2.24, 2.45) is 0 Å². The van der Waals surface area contributed by atoms with Crippen LogP contribution in [-0.4, -0.2) is 57.4 Å². The molecule has 1 aromatic carbocycles. The summed E-state index contributed by atoms with van der Waals surface area (Å²) in [6.45, 7) is 5.18. The maximum absolute atomic E-state index is 12.8. The van der Waals surface area contributed by atoms with Crippen LogP contribution < -0.4 is 10.1 Å². The SMILES string of the molecule is COc1ccc(/C=C/C(=O)N2CCCC[C@H]2CCn2cc(C(=O)NC(C)C)nn2)cc1. The van der Waals surface area contributed by atoms with Crippen LogP contribution in [0.15, 0.2) is 36.5 Å². The van der Waals surface area contributed by atoms with Crippen molar-refractivity contribution in [3.05, 3.63) is 47.8 Å². The Bertz CT molecular complexity index is 904. The van der Waals surface area contributed by atoms with Crippen molar-refractivity contribution in [2.75, 3.05) is 13.7 Å². The number of nitrogens with one attached hydrogen (secondary N) is 1. The van der Waals surface area contributed by atoms with Gasteiger partial charge in [0.25, 0.3) is 5.91 Å². The zero-order valence-electron chi connectivity index (χ0n) is 18.5. The summed E-state index contributed by atoms with van der Waals surface area (Å²) in [5, 5.41) is 10.8. The number of nitrogens with zero attached hydrogens (tertiary/aromatic N) is 4. The first kappa shape index (κ1) is 22.5. The molecule has 2 heterocycles. The van der Waals surface area contributed by atoms with Gasteiger partial charge < -0.3 is 15.0 Å². The van der Waals surface area contributed by atoms with Crippen LogP contribution in [0.25, 0.3) is 6.08 Å². The third kappa shape index (κ3) is 6.41. The van der Waals surface area contributed by atoms with Crippen molar-refractivity contribution in [2.45, 2.75) is 58.2 Å². The van der Waals surface area contributed by atoms with Crippen molar-refractivity contribution in [3.8, 4) is 5.75 Å². The molecule has 1 fully saturated rings. The molecule has 8 nitrogen and oxygen atoms in total. The number of likely N-dealkylation sites (tertiary alicyclic amines) is 1. The minimum atomic E-state index is -0.223. The summed E-state index contributed by atoms with van der Waals surface area (Å²) in [7, 11) is 1.63. The summed E-state index contributed by atoms with van der Waals surface area (Å²) in [5.74, 6) is 0.591. The minimum absolute atomic E-state index is 0.0242. The minimum Gasteiger partial charge on any atom is -0.497 e. The second kappa shape index (κ2) is 10.7. The molecule has 31 heavy (non-hydrogen) atoms. The van der Waals surface area contributed by atoms with E-state index in [0.29, 0.717) is 12.2 Å². The van der Waals surface area contributed by atoms with Crippen LogP contribution >= 0.6 is 0 Å². The van der Waals surface area contributed by atoms with Gasteiger partial charge in [0.1, 0.15) is 5.75 Å². The summed E-state index contributed by atoms with van der Waals surface area (Å²) in [4.78, 5) is 26.8. The predicted molar refractivity (Wildman–Crippen MR) is 119 cm³/mol. The Balaban J connectivity index is 1.57. The lowest BCUT2D eigenvalue weighted by Crippen LogP contribution is -2.43. The maximum atomic E-state index is 12.8. The molecule has 2 amide bonds. The van der Waals surface area contributed by atoms with Gasteiger partial charge in [-0.05, 0) is 63.3 Å². The van der Waals surface area contributed by atoms with E-state index < -0.39 is 0 Å². The molecule has 2 aromatic rings. The van der Waals surface area contributed by atoms with Gasteiger partial charge >= 0.3 is 0 Å². The van der Waals surface area contributed by atoms with Gasteiger partial charge in [0, 0.05) is 31.2 Å². The molecule has 8 heteroatoms. The third-order valence-electron chi connectivity index (χ3n) is 5.33. The van der Waals surface area contributed by atoms with Gasteiger partial charge in [-0.3, -0.25) is 14.3 Å². The Labute approximate surface area is 183 Å². The highest BCUT2D eigenvalue weighted by molar-refractivity contribution is 5.92. The Morgan fingerprint density at radius 1 is 1.26 bits per heavy atom. The van der Waals surface area contributed by atoms with E-state index in [2.05, 4.69) is 15.6 Å². The van der Waals surface area contributed by atoms with Crippen LogP contribution in [0.3, 0.4) is 0 Å². The number of carbonyl (C=O) groups is 2. The van der Waals surface area contributed by atoms with Crippen molar-refractivity contribution in [3.63, 3.8) is 0 Å². The molecular formula is C23H31N5O3. The van der Waals surface area contributed by atoms with E-state index in [-0.39, 0.29) is 23.9 Å². The van der Waals surface area contributed by atoms with Gasteiger partial charge in [-0.25, -0.2) is 0 Å². The molecular weight excluding hydrogens is 394 g/mol. The zero-order valence-corrected chi connectivity index (χ0v) is 18.5. The van der Waals surface area contributed by atoms with Crippen LogP contribution in [0.1, 0.15) is 55.6 Å². The number of aromatic nitrogens is 3. The average molecular weight is 426 g/mol. The number of rotatable bonds is 8. The monoisotopic (exact) mass is 425 g/mol. The molecule has 0 aliphatic carbocycles. The lowest BCUT2D eigenvalue weighted by molar-refractivity contribution is -0.129. The molecule has 0 bridgehead atoms. The van der Waals surface area contributed by atoms with Crippen LogP contribution in [0.4, 0.5) is 0 Å². The second-order valence-electron chi connectivity index (χ2n) is 8.07. The number of amides is 2. The summed E-state index contributed by atoms with van der Waals surface area (Å²) < 4.78 is 6.85. The number of methoxy groups -OCH3 is 1. The summed E-state index contributed by atoms with van der Waals surface area (Å²) in [6, 6.07) is 7.80. The number of hydrogen-bond acceptors (Lipinski definition) is 5. The molecule has 1 aromatic heterocycles. The third-order valence-corrected chi connectivity index (χ3v) is 5.33. The van der Waals surface area contributed by atoms with E-state index in [1.54, 1.807) is 24.1 Å². The van der Waals surface area contributed by atoms with E-state index in [0.717, 1.165) is 43.5 Å². The summed E-state index contributed by atoms with van der Waals surface area (Å²) in [6.07, 6.45) is 9.01. The summed E-state index contributed by atoms with van der Waals surface area (Å²) >= 11 is 0. The molecule has 1 N–H and O–H groups in total. The standard InChI is InChI=1S/C23H31N5O3/c1-17(2)24-23(30)21-16-27(26-25-21)15-13-19-6-4-5-14-28(19)22(29)12-9-18-7-10-20(31-3)11-8-18/h7-12,16-17,19H,4-6,13-15H2,1-3H3,(H,24,30)/b12-9+/t19-/m0/s1. The van der Waals surface area contributed by atoms with Crippen LogP contribution in [0, 0.1) is 0 Å². The number of hydrogen-bond donors (Lipinski definition) is 1. The number of aryl methyl sites for hydroxylation is 1. The lowest BCUT2D eigenvalue weighted by Gasteiger charge is -2.35. The van der Waals surface area contributed by atoms with Crippen LogP contribution in [0.5, 0.6) is 5.75 Å². The van der Waals surface area contributed by atoms with Crippen molar-refractivity contribution < 1.29 is 14.3 Å². The molecule has 0 unspecified atom stereocenters. The van der Waals surface area contributed by atoms with Crippen molar-refractivity contribution in [1.29, 1.82) is 0 Å². The number of ether oxygens (including phenoxy) is 1. The van der Waals surface area contributed by atoms with E-state index in [1.807, 2.05) is 49.1 Å². The molecule has 1 saturated heterocycles. The molecule has 166 valence electrons. The second-order valence-corrected chi connectivity index (χ2v) is 8.07. The van der Waals surface area contributed by atoms with Crippen molar-refractivity contribution in [1.82, 2.24) is 25.2 Å². The average Bonchev–Trinajstić information content (AvgIpc) is 3.25. The Kier molecular flexibility index (Phi) is 7.81. The largest absolute Gasteiger partial charge is 0.497 e. The number of piperidine rings is 1. The smallest absolute Gasteiger partial charge is 0.273 e. The van der Waals surface area contributed by atoms with Gasteiger partial charge in [-0.1, -0.05) is 17.3 Å². The fraction of sp³-hybridized carbons (Fsp3) is 0.478. The molecule has 3 rings (SSSR count). The predicted octanol–water partition coefficient (Wildman–Crippen LogP) is 2.91. The molecule has 0 radical (unpaired) electrons. The first-order valence-electron chi connectivity index (χ1n) is 10.8. The maximum Gasteiger partial charge on any atom is 0.273 e. The Morgan fingerprint density at radius 3 is 2.74 bits per heavy atom. The fourth-order valence-corrected chi connectivity index (χ4v) is 3.70. The molecule has 1 aliphatic rings. The van der Waals surface area contributed by atoms with E-state index in [9.17, 15) is 9.59 Å². The first-order valence-corrected chi connectivity index (χ1v) is 10.8. The van der Waals surface area contributed by atoms with Gasteiger partial charge in [-0.15, -0.1) is 5.10 Å². The van der Waals surface area contributed by atoms with Gasteiger partial charge in [0.2, 0.25) is 5.91 Å². The molecule has 1 aliphatic heterocycles. The van der Waals surface area contributed by atoms with Gasteiger partial charge in [-0.2, -0.15) is 0 Å². The fourth-order valence-electron chi connectivity index (χ4n) is 3.70. The molecule has 0 saturated carbocycles. The Morgan fingerprint density at radius 2 is 2.03 bits per heavy atom. The topological polar surface area (TPSA) is 89.4 Å². The normalized spacial score (nSPS) is 16.6. The zero-order chi connectivity index (χ0) is 22.2. The van der Waals surface area contributed by atoms with Crippen LogP contribution in [0.2, 0.25) is 0 Å². The quantitative estimate of drug-likeness (QED) is 0.657. The van der Waals surface area contributed by atoms with Crippen molar-refractivity contribution >= 4 is 17.9 Å². The van der Waals surface area contributed by atoms with Gasteiger partial charge in [0.05, 0.1) is 13.3 Å². The molecule has 0 spiro atoms. The van der Waals surface area contributed by atoms with E-state index in [4.69, 9.17) is 4.74 Å². The highest BCUT2D eigenvalue weighted by atomic mass is 16.5. The van der Waals surface area contributed by atoms with Gasteiger partial charge in [0.15, 0.2) is 5.69 Å².